The van der Waals surface area contributed by atoms with E-state index in [1.54, 1.807) is 0 Å². The Hall–Kier alpha value is -1.10. The van der Waals surface area contributed by atoms with E-state index in [0.29, 0.717) is 16.0 Å². The molecule has 0 aliphatic heterocycles. The number of rotatable bonds is 4. The van der Waals surface area contributed by atoms with Gasteiger partial charge in [-0.3, -0.25) is 4.79 Å². The maximum absolute atomic E-state index is 11.5. The highest BCUT2D eigenvalue weighted by atomic mass is 35.5. The van der Waals surface area contributed by atoms with Crippen molar-refractivity contribution in [3.63, 3.8) is 0 Å². The lowest BCUT2D eigenvalue weighted by atomic mass is 10.1. The number of nitrogens with one attached hydrogen (secondary N) is 1. The molecule has 1 heterocycles. The van der Waals surface area contributed by atoms with Gasteiger partial charge in [-0.1, -0.05) is 23.7 Å². The molecule has 0 saturated carbocycles. The molecule has 0 aliphatic carbocycles. The number of halogens is 2. The highest BCUT2D eigenvalue weighted by Gasteiger charge is 2.12. The Morgan fingerprint density at radius 3 is 2.95 bits per heavy atom. The van der Waals surface area contributed by atoms with E-state index in [9.17, 15) is 4.79 Å². The van der Waals surface area contributed by atoms with Crippen molar-refractivity contribution in [3.8, 4) is 11.3 Å². The zero-order valence-electron chi connectivity index (χ0n) is 10.2. The third kappa shape index (κ3) is 3.69. The summed E-state index contributed by atoms with van der Waals surface area (Å²) in [7, 11) is 0. The van der Waals surface area contributed by atoms with Gasteiger partial charge in [-0.05, 0) is 19.1 Å². The number of anilines is 1. The van der Waals surface area contributed by atoms with Crippen molar-refractivity contribution < 1.29 is 4.79 Å². The zero-order chi connectivity index (χ0) is 13.8. The Morgan fingerprint density at radius 1 is 1.47 bits per heavy atom. The second-order valence-corrected chi connectivity index (χ2v) is 5.94. The molecule has 0 saturated heterocycles. The number of carbonyl (C=O) groups is 1. The SMILES string of the molecule is Cc1sc(NC(=O)CCCl)nc1-c1cccc(Cl)c1. The van der Waals surface area contributed by atoms with E-state index in [1.807, 2.05) is 31.2 Å². The minimum absolute atomic E-state index is 0.124. The van der Waals surface area contributed by atoms with E-state index >= 15 is 0 Å². The molecule has 0 unspecified atom stereocenters. The quantitative estimate of drug-likeness (QED) is 0.853. The van der Waals surface area contributed by atoms with Crippen LogP contribution in [0.4, 0.5) is 5.13 Å². The Bertz CT molecular complexity index is 598. The number of carbonyl (C=O) groups excluding carboxylic acids is 1. The van der Waals surface area contributed by atoms with Crippen molar-refractivity contribution in [1.29, 1.82) is 0 Å². The van der Waals surface area contributed by atoms with Gasteiger partial charge in [-0.15, -0.1) is 22.9 Å². The van der Waals surface area contributed by atoms with Gasteiger partial charge >= 0.3 is 0 Å². The molecule has 6 heteroatoms. The molecule has 1 amide bonds. The van der Waals surface area contributed by atoms with Crippen LogP contribution in [0.3, 0.4) is 0 Å². The van der Waals surface area contributed by atoms with Gasteiger partial charge in [0.05, 0.1) is 5.69 Å². The summed E-state index contributed by atoms with van der Waals surface area (Å²) in [4.78, 5) is 16.9. The number of thiazole rings is 1. The predicted molar refractivity (Wildman–Crippen MR) is 81.3 cm³/mol. The van der Waals surface area contributed by atoms with E-state index in [2.05, 4.69) is 10.3 Å². The number of amides is 1. The van der Waals surface area contributed by atoms with Crippen LogP contribution in [-0.4, -0.2) is 16.8 Å². The van der Waals surface area contributed by atoms with Crippen molar-refractivity contribution in [2.45, 2.75) is 13.3 Å². The number of nitrogens with zero attached hydrogens (tertiary/aromatic N) is 1. The van der Waals surface area contributed by atoms with Crippen molar-refractivity contribution in [3.05, 3.63) is 34.2 Å². The monoisotopic (exact) mass is 314 g/mol. The molecule has 1 aromatic heterocycles. The second-order valence-electron chi connectivity index (χ2n) is 3.92. The van der Waals surface area contributed by atoms with Crippen LogP contribution in [0.2, 0.25) is 5.02 Å². The molecule has 0 radical (unpaired) electrons. The third-order valence-electron chi connectivity index (χ3n) is 2.46. The highest BCUT2D eigenvalue weighted by Crippen LogP contribution is 2.31. The average molecular weight is 315 g/mol. The molecule has 1 aromatic carbocycles. The average Bonchev–Trinajstić information content (AvgIpc) is 2.70. The van der Waals surface area contributed by atoms with Crippen LogP contribution >= 0.6 is 34.5 Å². The van der Waals surface area contributed by atoms with Crippen LogP contribution in [0.25, 0.3) is 11.3 Å². The summed E-state index contributed by atoms with van der Waals surface area (Å²) in [5, 5.41) is 3.99. The van der Waals surface area contributed by atoms with Crippen molar-refractivity contribution in [2.75, 3.05) is 11.2 Å². The van der Waals surface area contributed by atoms with Gasteiger partial charge in [0.25, 0.3) is 0 Å². The Kier molecular flexibility index (Phi) is 4.80. The molecule has 2 rings (SSSR count). The van der Waals surface area contributed by atoms with Gasteiger partial charge in [0.1, 0.15) is 0 Å². The van der Waals surface area contributed by atoms with E-state index in [1.165, 1.54) is 11.3 Å². The molecule has 0 bridgehead atoms. The fourth-order valence-electron chi connectivity index (χ4n) is 1.62. The van der Waals surface area contributed by atoms with Gasteiger partial charge in [0, 0.05) is 27.8 Å². The molecule has 0 aliphatic rings. The number of hydrogen-bond donors (Lipinski definition) is 1. The first-order valence-corrected chi connectivity index (χ1v) is 7.42. The zero-order valence-corrected chi connectivity index (χ0v) is 12.6. The summed E-state index contributed by atoms with van der Waals surface area (Å²) in [5.74, 6) is 0.179. The Balaban J connectivity index is 2.24. The molecular weight excluding hydrogens is 303 g/mol. The standard InChI is InChI=1S/C13H12Cl2N2OS/c1-8-12(9-3-2-4-10(15)7-9)17-13(19-8)16-11(18)5-6-14/h2-4,7H,5-6H2,1H3,(H,16,17,18). The molecule has 0 atom stereocenters. The lowest BCUT2D eigenvalue weighted by molar-refractivity contribution is -0.115. The van der Waals surface area contributed by atoms with Crippen LogP contribution < -0.4 is 5.32 Å². The molecule has 0 spiro atoms. The fraction of sp³-hybridized carbons (Fsp3) is 0.231. The van der Waals surface area contributed by atoms with Gasteiger partial charge in [0.15, 0.2) is 5.13 Å². The third-order valence-corrected chi connectivity index (χ3v) is 3.77. The maximum atomic E-state index is 11.5. The van der Waals surface area contributed by atoms with E-state index < -0.39 is 0 Å². The lowest BCUT2D eigenvalue weighted by Crippen LogP contribution is -2.11. The number of aryl methyl sites for hydroxylation is 1. The fourth-order valence-corrected chi connectivity index (χ4v) is 2.84. The van der Waals surface area contributed by atoms with Crippen LogP contribution in [0.1, 0.15) is 11.3 Å². The number of benzene rings is 1. The summed E-state index contributed by atoms with van der Waals surface area (Å²) in [5.41, 5.74) is 1.78. The number of aromatic nitrogens is 1. The number of alkyl halides is 1. The number of hydrogen-bond acceptors (Lipinski definition) is 3. The smallest absolute Gasteiger partial charge is 0.227 e. The topological polar surface area (TPSA) is 42.0 Å². The molecular formula is C13H12Cl2N2OS. The van der Waals surface area contributed by atoms with Crippen LogP contribution in [0.15, 0.2) is 24.3 Å². The summed E-state index contributed by atoms with van der Waals surface area (Å²) in [6.07, 6.45) is 0.284. The summed E-state index contributed by atoms with van der Waals surface area (Å²) >= 11 is 12.9. The summed E-state index contributed by atoms with van der Waals surface area (Å²) < 4.78 is 0. The van der Waals surface area contributed by atoms with Gasteiger partial charge < -0.3 is 5.32 Å². The van der Waals surface area contributed by atoms with Crippen molar-refractivity contribution >= 4 is 45.6 Å². The molecule has 0 fully saturated rings. The molecule has 1 N–H and O–H groups in total. The normalized spacial score (nSPS) is 10.5. The largest absolute Gasteiger partial charge is 0.302 e. The Morgan fingerprint density at radius 2 is 2.26 bits per heavy atom. The van der Waals surface area contributed by atoms with Gasteiger partial charge in [-0.25, -0.2) is 4.98 Å². The van der Waals surface area contributed by atoms with Crippen LogP contribution in [0, 0.1) is 6.92 Å². The van der Waals surface area contributed by atoms with Gasteiger partial charge in [0.2, 0.25) is 5.91 Å². The molecule has 19 heavy (non-hydrogen) atoms. The van der Waals surface area contributed by atoms with E-state index in [0.717, 1.165) is 16.1 Å². The van der Waals surface area contributed by atoms with Crippen LogP contribution in [0.5, 0.6) is 0 Å². The maximum Gasteiger partial charge on any atom is 0.227 e. The summed E-state index contributed by atoms with van der Waals surface area (Å²) in [6, 6.07) is 7.49. The first-order chi connectivity index (χ1) is 9.10. The lowest BCUT2D eigenvalue weighted by Gasteiger charge is -1.99. The minimum atomic E-state index is -0.124. The predicted octanol–water partition coefficient (Wildman–Crippen LogP) is 4.34. The van der Waals surface area contributed by atoms with Gasteiger partial charge in [-0.2, -0.15) is 0 Å². The molecule has 2 aromatic rings. The minimum Gasteiger partial charge on any atom is -0.302 e. The highest BCUT2D eigenvalue weighted by molar-refractivity contribution is 7.16. The summed E-state index contributed by atoms with van der Waals surface area (Å²) in [6.45, 7) is 1.96. The van der Waals surface area contributed by atoms with E-state index in [4.69, 9.17) is 23.2 Å². The second kappa shape index (κ2) is 6.37. The molecule has 3 nitrogen and oxygen atoms in total. The van der Waals surface area contributed by atoms with E-state index in [-0.39, 0.29) is 12.3 Å². The van der Waals surface area contributed by atoms with Crippen LogP contribution in [-0.2, 0) is 4.79 Å². The first kappa shape index (κ1) is 14.3. The van der Waals surface area contributed by atoms with Crippen molar-refractivity contribution in [2.24, 2.45) is 0 Å². The Labute approximate surface area is 125 Å². The first-order valence-electron chi connectivity index (χ1n) is 5.69. The molecule has 100 valence electrons. The van der Waals surface area contributed by atoms with Crippen molar-refractivity contribution in [1.82, 2.24) is 4.98 Å².